The van der Waals surface area contributed by atoms with Crippen molar-refractivity contribution in [1.29, 1.82) is 5.41 Å². The molecule has 0 aliphatic heterocycles. The lowest BCUT2D eigenvalue weighted by Gasteiger charge is -2.00. The van der Waals surface area contributed by atoms with E-state index in [-0.39, 0.29) is 0 Å². The van der Waals surface area contributed by atoms with Crippen molar-refractivity contribution in [3.63, 3.8) is 0 Å². The molecule has 0 bridgehead atoms. The van der Waals surface area contributed by atoms with E-state index in [4.69, 9.17) is 5.41 Å². The lowest BCUT2D eigenvalue weighted by Crippen LogP contribution is -2.00. The van der Waals surface area contributed by atoms with Crippen molar-refractivity contribution in [2.45, 2.75) is 20.8 Å². The molecule has 0 spiro atoms. The van der Waals surface area contributed by atoms with Gasteiger partial charge in [0.2, 0.25) is 0 Å². The minimum Gasteiger partial charge on any atom is -0.308 e. The fourth-order valence-corrected chi connectivity index (χ4v) is 0.969. The molecule has 0 fully saturated rings. The van der Waals surface area contributed by atoms with E-state index in [0.717, 1.165) is 17.0 Å². The van der Waals surface area contributed by atoms with Crippen LogP contribution >= 0.6 is 0 Å². The predicted molar refractivity (Wildman–Crippen MR) is 68.7 cm³/mol. The summed E-state index contributed by atoms with van der Waals surface area (Å²) < 4.78 is 0. The maximum Gasteiger partial charge on any atom is 0.0716 e. The van der Waals surface area contributed by atoms with Crippen LogP contribution in [0, 0.1) is 5.41 Å². The van der Waals surface area contributed by atoms with Gasteiger partial charge in [-0.15, -0.1) is 0 Å². The maximum absolute atomic E-state index is 7.32. The van der Waals surface area contributed by atoms with Crippen LogP contribution in [0.5, 0.6) is 0 Å². The molecule has 0 aromatic heterocycles. The minimum absolute atomic E-state index is 0.733. The molecule has 0 aromatic carbocycles. The Bertz CT molecular complexity index is 342. The van der Waals surface area contributed by atoms with Crippen molar-refractivity contribution in [3.8, 4) is 0 Å². The van der Waals surface area contributed by atoms with Crippen molar-refractivity contribution in [1.82, 2.24) is 0 Å². The van der Waals surface area contributed by atoms with Gasteiger partial charge in [0.05, 0.1) is 5.71 Å². The van der Waals surface area contributed by atoms with E-state index in [0.29, 0.717) is 0 Å². The fraction of sp³-hybridized carbons (Fsp3) is 0.231. The molecule has 0 atom stereocenters. The third-order valence-corrected chi connectivity index (χ3v) is 1.56. The molecule has 0 unspecified atom stereocenters. The summed E-state index contributed by atoms with van der Waals surface area (Å²) in [6.07, 6.45) is 10.7. The van der Waals surface area contributed by atoms with Crippen molar-refractivity contribution in [2.24, 2.45) is 4.99 Å². The van der Waals surface area contributed by atoms with E-state index in [1.165, 1.54) is 6.21 Å². The van der Waals surface area contributed by atoms with E-state index in [1.54, 1.807) is 0 Å². The van der Waals surface area contributed by atoms with E-state index < -0.39 is 0 Å². The number of rotatable bonds is 5. The third kappa shape index (κ3) is 5.57. The van der Waals surface area contributed by atoms with E-state index in [1.807, 2.05) is 51.2 Å². The highest BCUT2D eigenvalue weighted by atomic mass is 14.7. The van der Waals surface area contributed by atoms with Gasteiger partial charge in [0.25, 0.3) is 0 Å². The standard InChI is InChI=1S/C13H18N2/c1-5-7-9-12(10-14)13(8-6-2)15-11(3)4/h5-10,14H,3H2,1-2,4H3/b7-5-,8-6-,12-9+,14-10?,15-13?. The van der Waals surface area contributed by atoms with Gasteiger partial charge in [-0.3, -0.25) is 4.99 Å². The van der Waals surface area contributed by atoms with Crippen LogP contribution < -0.4 is 0 Å². The average molecular weight is 202 g/mol. The summed E-state index contributed by atoms with van der Waals surface area (Å²) in [5, 5.41) is 7.32. The third-order valence-electron chi connectivity index (χ3n) is 1.56. The molecule has 15 heavy (non-hydrogen) atoms. The Morgan fingerprint density at radius 2 is 1.93 bits per heavy atom. The molecular weight excluding hydrogens is 184 g/mol. The van der Waals surface area contributed by atoms with E-state index >= 15 is 0 Å². The quantitative estimate of drug-likeness (QED) is 0.521. The molecule has 1 N–H and O–H groups in total. The van der Waals surface area contributed by atoms with Gasteiger partial charge in [-0.25, -0.2) is 0 Å². The fourth-order valence-electron chi connectivity index (χ4n) is 0.969. The van der Waals surface area contributed by atoms with Crippen LogP contribution in [-0.4, -0.2) is 11.9 Å². The summed E-state index contributed by atoms with van der Waals surface area (Å²) in [5.74, 6) is 0. The molecule has 0 rings (SSSR count). The first-order valence-electron chi connectivity index (χ1n) is 4.86. The molecule has 0 saturated heterocycles. The Kier molecular flexibility index (Phi) is 6.81. The molecular formula is C13H18N2. The topological polar surface area (TPSA) is 36.2 Å². The Morgan fingerprint density at radius 3 is 2.33 bits per heavy atom. The Morgan fingerprint density at radius 1 is 1.27 bits per heavy atom. The lowest BCUT2D eigenvalue weighted by atomic mass is 10.1. The average Bonchev–Trinajstić information content (AvgIpc) is 2.18. The largest absolute Gasteiger partial charge is 0.308 e. The van der Waals surface area contributed by atoms with Crippen LogP contribution in [0.25, 0.3) is 0 Å². The molecule has 0 radical (unpaired) electrons. The van der Waals surface area contributed by atoms with Gasteiger partial charge in [0.1, 0.15) is 0 Å². The summed E-state index contributed by atoms with van der Waals surface area (Å²) in [6, 6.07) is 0. The first-order valence-corrected chi connectivity index (χ1v) is 4.86. The highest BCUT2D eigenvalue weighted by Crippen LogP contribution is 2.02. The molecule has 2 nitrogen and oxygen atoms in total. The normalized spacial score (nSPS) is 13.8. The second kappa shape index (κ2) is 7.68. The van der Waals surface area contributed by atoms with Crippen LogP contribution in [-0.2, 0) is 0 Å². The van der Waals surface area contributed by atoms with Gasteiger partial charge in [-0.05, 0) is 26.8 Å². The highest BCUT2D eigenvalue weighted by molar-refractivity contribution is 6.21. The Balaban J connectivity index is 5.21. The highest BCUT2D eigenvalue weighted by Gasteiger charge is 1.99. The van der Waals surface area contributed by atoms with Gasteiger partial charge in [0, 0.05) is 17.5 Å². The predicted octanol–water partition coefficient (Wildman–Crippen LogP) is 3.69. The first kappa shape index (κ1) is 13.3. The van der Waals surface area contributed by atoms with E-state index in [2.05, 4.69) is 11.6 Å². The number of allylic oxidation sites excluding steroid dienone is 7. The smallest absolute Gasteiger partial charge is 0.0716 e. The van der Waals surface area contributed by atoms with Crippen LogP contribution in [0.1, 0.15) is 20.8 Å². The summed E-state index contributed by atoms with van der Waals surface area (Å²) in [5.41, 5.74) is 2.27. The maximum atomic E-state index is 7.32. The molecule has 2 heteroatoms. The van der Waals surface area contributed by atoms with Gasteiger partial charge < -0.3 is 5.41 Å². The van der Waals surface area contributed by atoms with Crippen molar-refractivity contribution in [3.05, 3.63) is 48.2 Å². The van der Waals surface area contributed by atoms with Gasteiger partial charge in [-0.1, -0.05) is 30.9 Å². The monoisotopic (exact) mass is 202 g/mol. The molecule has 0 aliphatic rings. The number of aliphatic imine (C=N–C) groups is 1. The first-order chi connectivity index (χ1) is 7.15. The molecule has 0 heterocycles. The molecule has 0 saturated carbocycles. The number of nitrogens with one attached hydrogen (secondary N) is 1. The zero-order valence-corrected chi connectivity index (χ0v) is 9.62. The summed E-state index contributed by atoms with van der Waals surface area (Å²) in [7, 11) is 0. The second-order valence-electron chi connectivity index (χ2n) is 3.02. The van der Waals surface area contributed by atoms with Gasteiger partial charge in [0.15, 0.2) is 0 Å². The Labute approximate surface area is 91.9 Å². The molecule has 0 aromatic rings. The van der Waals surface area contributed by atoms with Gasteiger partial charge >= 0.3 is 0 Å². The summed E-state index contributed by atoms with van der Waals surface area (Å²) in [4.78, 5) is 4.27. The number of nitrogens with zero attached hydrogens (tertiary/aromatic N) is 1. The molecule has 0 aliphatic carbocycles. The number of hydrogen-bond acceptors (Lipinski definition) is 2. The van der Waals surface area contributed by atoms with Crippen LogP contribution in [0.2, 0.25) is 0 Å². The van der Waals surface area contributed by atoms with Crippen LogP contribution in [0.15, 0.2) is 53.2 Å². The van der Waals surface area contributed by atoms with Crippen molar-refractivity contribution in [2.75, 3.05) is 0 Å². The Hall–Kier alpha value is -1.70. The molecule has 0 amide bonds. The zero-order valence-electron chi connectivity index (χ0n) is 9.62. The summed E-state index contributed by atoms with van der Waals surface area (Å²) in [6.45, 7) is 9.42. The van der Waals surface area contributed by atoms with Crippen molar-refractivity contribution < 1.29 is 0 Å². The van der Waals surface area contributed by atoms with Crippen LogP contribution in [0.3, 0.4) is 0 Å². The lowest BCUT2D eigenvalue weighted by molar-refractivity contribution is 1.33. The summed E-state index contributed by atoms with van der Waals surface area (Å²) >= 11 is 0. The van der Waals surface area contributed by atoms with E-state index in [9.17, 15) is 0 Å². The number of hydrogen-bond donors (Lipinski definition) is 1. The molecule has 80 valence electrons. The zero-order chi connectivity index (χ0) is 11.7. The SMILES string of the molecule is C=C(C)N=C(/C=C\C)/C(C=N)=C/C=C\C. The van der Waals surface area contributed by atoms with Crippen molar-refractivity contribution >= 4 is 11.9 Å². The second-order valence-corrected chi connectivity index (χ2v) is 3.02. The minimum atomic E-state index is 0.733. The van der Waals surface area contributed by atoms with Crippen LogP contribution in [0.4, 0.5) is 0 Å². The van der Waals surface area contributed by atoms with Gasteiger partial charge in [-0.2, -0.15) is 0 Å².